The van der Waals surface area contributed by atoms with E-state index in [1.807, 2.05) is 25.7 Å². The van der Waals surface area contributed by atoms with Gasteiger partial charge in [0.15, 0.2) is 0 Å². The Morgan fingerprint density at radius 1 is 1.28 bits per heavy atom. The van der Waals surface area contributed by atoms with Crippen molar-refractivity contribution in [3.8, 4) is 0 Å². The van der Waals surface area contributed by atoms with Crippen molar-refractivity contribution in [3.05, 3.63) is 0 Å². The Kier molecular flexibility index (Phi) is 5.46. The van der Waals surface area contributed by atoms with E-state index in [0.29, 0.717) is 0 Å². The molecule has 0 unspecified atom stereocenters. The number of rotatable bonds is 2. The van der Waals surface area contributed by atoms with Gasteiger partial charge >= 0.3 is 6.09 Å². The van der Waals surface area contributed by atoms with Gasteiger partial charge in [-0.15, -0.1) is 0 Å². The smallest absolute Gasteiger partial charge is 0.410 e. The van der Waals surface area contributed by atoms with Crippen molar-refractivity contribution >= 4 is 22.0 Å². The average Bonchev–Trinajstić information content (AvgIpc) is 2.13. The molecule has 1 heterocycles. The fourth-order valence-electron chi connectivity index (χ4n) is 2.41. The molecule has 5 heteroatoms. The number of carbonyl (C=O) groups is 1. The molecule has 0 spiro atoms. The third-order valence-electron chi connectivity index (χ3n) is 3.00. The molecular weight excluding hydrogens is 296 g/mol. The molecule has 1 rings (SSSR count). The van der Waals surface area contributed by atoms with Crippen LogP contribution in [0.5, 0.6) is 0 Å². The van der Waals surface area contributed by atoms with Crippen LogP contribution in [0.3, 0.4) is 0 Å². The Balaban J connectivity index is 2.64. The van der Waals surface area contributed by atoms with Crippen molar-refractivity contribution in [2.45, 2.75) is 52.3 Å². The quantitative estimate of drug-likeness (QED) is 0.733. The molecule has 1 amide bonds. The molecule has 106 valence electrons. The highest BCUT2D eigenvalue weighted by molar-refractivity contribution is 9.09. The van der Waals surface area contributed by atoms with Gasteiger partial charge < -0.3 is 9.64 Å². The van der Waals surface area contributed by atoms with Crippen molar-refractivity contribution in [3.63, 3.8) is 0 Å². The molecule has 0 saturated carbocycles. The Labute approximate surface area is 119 Å². The standard InChI is InChI=1S/C13H25BrN2O2/c1-10-8-15(7-6-14)9-11(2)16(10)12(17)18-13(3,4)5/h10-11H,6-9H2,1-5H3/t10-,11+. The minimum Gasteiger partial charge on any atom is -0.444 e. The summed E-state index contributed by atoms with van der Waals surface area (Å²) in [4.78, 5) is 16.4. The largest absolute Gasteiger partial charge is 0.444 e. The summed E-state index contributed by atoms with van der Waals surface area (Å²) in [5.41, 5.74) is -0.427. The first-order valence-corrected chi connectivity index (χ1v) is 7.66. The van der Waals surface area contributed by atoms with E-state index < -0.39 is 5.60 Å². The van der Waals surface area contributed by atoms with Gasteiger partial charge in [-0.1, -0.05) is 15.9 Å². The molecule has 1 fully saturated rings. The lowest BCUT2D eigenvalue weighted by Crippen LogP contribution is -2.59. The highest BCUT2D eigenvalue weighted by atomic mass is 79.9. The van der Waals surface area contributed by atoms with Crippen LogP contribution in [-0.4, -0.2) is 58.5 Å². The zero-order valence-corrected chi connectivity index (χ0v) is 13.7. The number of hydrogen-bond donors (Lipinski definition) is 0. The molecule has 1 aliphatic rings. The number of nitrogens with zero attached hydrogens (tertiary/aromatic N) is 2. The average molecular weight is 321 g/mol. The van der Waals surface area contributed by atoms with Gasteiger partial charge in [-0.2, -0.15) is 0 Å². The maximum Gasteiger partial charge on any atom is 0.410 e. The minimum absolute atomic E-state index is 0.194. The molecule has 0 aromatic rings. The molecule has 0 N–H and O–H groups in total. The van der Waals surface area contributed by atoms with E-state index in [2.05, 4.69) is 34.7 Å². The maximum absolute atomic E-state index is 12.2. The van der Waals surface area contributed by atoms with Gasteiger partial charge in [0.05, 0.1) is 0 Å². The summed E-state index contributed by atoms with van der Waals surface area (Å²) in [6.45, 7) is 12.7. The molecule has 0 radical (unpaired) electrons. The van der Waals surface area contributed by atoms with Gasteiger partial charge in [0.1, 0.15) is 5.60 Å². The molecule has 2 atom stereocenters. The van der Waals surface area contributed by atoms with Crippen molar-refractivity contribution in [2.75, 3.05) is 25.0 Å². The van der Waals surface area contributed by atoms with Crippen LogP contribution in [0.1, 0.15) is 34.6 Å². The Morgan fingerprint density at radius 2 is 1.78 bits per heavy atom. The van der Waals surface area contributed by atoms with E-state index in [1.54, 1.807) is 0 Å². The van der Waals surface area contributed by atoms with Crippen LogP contribution in [0.25, 0.3) is 0 Å². The number of hydrogen-bond acceptors (Lipinski definition) is 3. The molecule has 18 heavy (non-hydrogen) atoms. The number of ether oxygens (including phenoxy) is 1. The number of carbonyl (C=O) groups excluding carboxylic acids is 1. The summed E-state index contributed by atoms with van der Waals surface area (Å²) < 4.78 is 5.47. The fraction of sp³-hybridized carbons (Fsp3) is 0.923. The molecule has 0 bridgehead atoms. The second kappa shape index (κ2) is 6.24. The summed E-state index contributed by atoms with van der Waals surface area (Å²) in [6.07, 6.45) is -0.194. The predicted molar refractivity (Wildman–Crippen MR) is 77.2 cm³/mol. The van der Waals surface area contributed by atoms with Crippen LogP contribution in [0, 0.1) is 0 Å². The third-order valence-corrected chi connectivity index (χ3v) is 3.35. The number of amides is 1. The van der Waals surface area contributed by atoms with E-state index in [1.165, 1.54) is 0 Å². The topological polar surface area (TPSA) is 32.8 Å². The van der Waals surface area contributed by atoms with Crippen LogP contribution < -0.4 is 0 Å². The van der Waals surface area contributed by atoms with Crippen LogP contribution in [0.4, 0.5) is 4.79 Å². The Hall–Kier alpha value is -0.290. The molecule has 4 nitrogen and oxygen atoms in total. The van der Waals surface area contributed by atoms with Gasteiger partial charge in [-0.05, 0) is 34.6 Å². The van der Waals surface area contributed by atoms with Crippen LogP contribution in [-0.2, 0) is 4.74 Å². The van der Waals surface area contributed by atoms with E-state index in [-0.39, 0.29) is 18.2 Å². The highest BCUT2D eigenvalue weighted by Crippen LogP contribution is 2.19. The molecule has 1 aliphatic heterocycles. The van der Waals surface area contributed by atoms with Gasteiger partial charge in [0, 0.05) is 37.0 Å². The van der Waals surface area contributed by atoms with E-state index in [9.17, 15) is 4.79 Å². The van der Waals surface area contributed by atoms with Crippen molar-refractivity contribution in [1.82, 2.24) is 9.80 Å². The Morgan fingerprint density at radius 3 is 2.17 bits per heavy atom. The number of halogens is 1. The highest BCUT2D eigenvalue weighted by Gasteiger charge is 2.35. The predicted octanol–water partition coefficient (Wildman–Crippen LogP) is 2.71. The Bertz CT molecular complexity index is 279. The summed E-state index contributed by atoms with van der Waals surface area (Å²) in [5, 5.41) is 0.971. The van der Waals surface area contributed by atoms with Gasteiger partial charge in [0.25, 0.3) is 0 Å². The lowest BCUT2D eigenvalue weighted by Gasteiger charge is -2.44. The second-order valence-electron chi connectivity index (χ2n) is 6.03. The van der Waals surface area contributed by atoms with E-state index in [4.69, 9.17) is 4.74 Å². The zero-order valence-electron chi connectivity index (χ0n) is 12.1. The van der Waals surface area contributed by atoms with Crippen LogP contribution in [0.2, 0.25) is 0 Å². The molecule has 0 aliphatic carbocycles. The normalized spacial score (nSPS) is 26.2. The minimum atomic E-state index is -0.427. The SMILES string of the molecule is C[C@@H]1CN(CCBr)C[C@H](C)N1C(=O)OC(C)(C)C. The van der Waals surface area contributed by atoms with Crippen molar-refractivity contribution in [1.29, 1.82) is 0 Å². The van der Waals surface area contributed by atoms with Gasteiger partial charge in [0.2, 0.25) is 0 Å². The maximum atomic E-state index is 12.2. The molecule has 0 aromatic heterocycles. The lowest BCUT2D eigenvalue weighted by molar-refractivity contribution is -0.0139. The summed E-state index contributed by atoms with van der Waals surface area (Å²) >= 11 is 3.46. The van der Waals surface area contributed by atoms with E-state index in [0.717, 1.165) is 25.0 Å². The monoisotopic (exact) mass is 320 g/mol. The lowest BCUT2D eigenvalue weighted by atomic mass is 10.1. The fourth-order valence-corrected chi connectivity index (χ4v) is 2.91. The van der Waals surface area contributed by atoms with Gasteiger partial charge in [-0.3, -0.25) is 4.90 Å². The first-order chi connectivity index (χ1) is 8.24. The first-order valence-electron chi connectivity index (χ1n) is 6.54. The summed E-state index contributed by atoms with van der Waals surface area (Å²) in [7, 11) is 0. The number of alkyl halides is 1. The molecule has 0 aromatic carbocycles. The van der Waals surface area contributed by atoms with Crippen molar-refractivity contribution in [2.24, 2.45) is 0 Å². The van der Waals surface area contributed by atoms with Gasteiger partial charge in [-0.25, -0.2) is 4.79 Å². The first kappa shape index (κ1) is 15.8. The second-order valence-corrected chi connectivity index (χ2v) is 6.83. The van der Waals surface area contributed by atoms with Crippen molar-refractivity contribution < 1.29 is 9.53 Å². The summed E-state index contributed by atoms with van der Waals surface area (Å²) in [6, 6.07) is 0.394. The third kappa shape index (κ3) is 4.43. The molecular formula is C13H25BrN2O2. The molecule has 1 saturated heterocycles. The summed E-state index contributed by atoms with van der Waals surface area (Å²) in [5.74, 6) is 0. The zero-order chi connectivity index (χ0) is 13.9. The van der Waals surface area contributed by atoms with E-state index >= 15 is 0 Å². The van der Waals surface area contributed by atoms with Crippen LogP contribution in [0.15, 0.2) is 0 Å². The van der Waals surface area contributed by atoms with Crippen LogP contribution >= 0.6 is 15.9 Å². The number of piperazine rings is 1.